The van der Waals surface area contributed by atoms with Crippen molar-refractivity contribution in [2.24, 2.45) is 0 Å². The van der Waals surface area contributed by atoms with Gasteiger partial charge in [-0.3, -0.25) is 4.79 Å². The van der Waals surface area contributed by atoms with E-state index in [0.29, 0.717) is 11.7 Å². The molecule has 1 unspecified atom stereocenters. The number of aryl methyl sites for hydroxylation is 2. The first-order valence-corrected chi connectivity index (χ1v) is 9.61. The molecule has 0 fully saturated rings. The topological polar surface area (TPSA) is 47.8 Å². The van der Waals surface area contributed by atoms with Gasteiger partial charge in [0.1, 0.15) is 0 Å². The second-order valence-corrected chi connectivity index (χ2v) is 7.92. The van der Waals surface area contributed by atoms with Crippen molar-refractivity contribution in [1.82, 2.24) is 14.8 Å². The van der Waals surface area contributed by atoms with Crippen LogP contribution < -0.4 is 5.56 Å². The predicted octanol–water partition coefficient (Wildman–Crippen LogP) is 4.28. The van der Waals surface area contributed by atoms with Crippen LogP contribution in [0.15, 0.2) is 52.0 Å². The molecule has 1 atom stereocenters. The molecule has 0 amide bonds. The van der Waals surface area contributed by atoms with Crippen molar-refractivity contribution in [3.63, 3.8) is 0 Å². The number of pyridine rings is 1. The second kappa shape index (κ2) is 6.80. The average molecular weight is 410 g/mol. The normalized spacial score (nSPS) is 16.3. The molecule has 1 aromatic carbocycles. The van der Waals surface area contributed by atoms with E-state index in [-0.39, 0.29) is 5.56 Å². The Kier molecular flexibility index (Phi) is 4.49. The number of rotatable bonds is 2. The van der Waals surface area contributed by atoms with E-state index in [2.05, 4.69) is 58.1 Å². The predicted molar refractivity (Wildman–Crippen MR) is 106 cm³/mol. The SMILES string of the molecule is Cc1ccc(C2CCc3c(cnn(-c4ccc(Br)cn4)c3=O)C2)c(C)c1. The molecule has 3 aromatic rings. The van der Waals surface area contributed by atoms with E-state index in [9.17, 15) is 4.79 Å². The maximum absolute atomic E-state index is 12.9. The van der Waals surface area contributed by atoms with Gasteiger partial charge in [0.25, 0.3) is 5.56 Å². The van der Waals surface area contributed by atoms with Gasteiger partial charge in [-0.1, -0.05) is 23.8 Å². The molecule has 5 heteroatoms. The number of hydrogen-bond acceptors (Lipinski definition) is 3. The highest BCUT2D eigenvalue weighted by molar-refractivity contribution is 9.10. The summed E-state index contributed by atoms with van der Waals surface area (Å²) in [6.45, 7) is 4.29. The summed E-state index contributed by atoms with van der Waals surface area (Å²) in [4.78, 5) is 17.2. The van der Waals surface area contributed by atoms with Crippen LogP contribution in [0.3, 0.4) is 0 Å². The summed E-state index contributed by atoms with van der Waals surface area (Å²) in [7, 11) is 0. The van der Waals surface area contributed by atoms with E-state index in [4.69, 9.17) is 0 Å². The molecule has 1 aliphatic rings. The number of benzene rings is 1. The Morgan fingerprint density at radius 2 is 2.00 bits per heavy atom. The minimum atomic E-state index is -0.0450. The number of halogens is 1. The van der Waals surface area contributed by atoms with Crippen LogP contribution in [-0.4, -0.2) is 14.8 Å². The molecule has 132 valence electrons. The molecule has 0 saturated carbocycles. The van der Waals surface area contributed by atoms with Crippen LogP contribution in [-0.2, 0) is 12.8 Å². The molecule has 1 aliphatic carbocycles. The highest BCUT2D eigenvalue weighted by Gasteiger charge is 2.24. The van der Waals surface area contributed by atoms with Crippen LogP contribution in [0.5, 0.6) is 0 Å². The minimum absolute atomic E-state index is 0.0450. The molecule has 26 heavy (non-hydrogen) atoms. The van der Waals surface area contributed by atoms with Gasteiger partial charge in [0.2, 0.25) is 0 Å². The summed E-state index contributed by atoms with van der Waals surface area (Å²) in [6, 6.07) is 10.3. The molecule has 0 radical (unpaired) electrons. The molecule has 0 N–H and O–H groups in total. The molecule has 0 saturated heterocycles. The molecular weight excluding hydrogens is 390 g/mol. The molecular formula is C21H20BrN3O. The largest absolute Gasteiger partial charge is 0.276 e. The lowest BCUT2D eigenvalue weighted by Crippen LogP contribution is -2.30. The van der Waals surface area contributed by atoms with Crippen LogP contribution >= 0.6 is 15.9 Å². The highest BCUT2D eigenvalue weighted by Crippen LogP contribution is 2.33. The fourth-order valence-corrected chi connectivity index (χ4v) is 4.09. The van der Waals surface area contributed by atoms with Crippen LogP contribution in [0, 0.1) is 13.8 Å². The van der Waals surface area contributed by atoms with E-state index in [1.54, 1.807) is 12.3 Å². The molecule has 2 aromatic heterocycles. The van der Waals surface area contributed by atoms with Gasteiger partial charge < -0.3 is 0 Å². The summed E-state index contributed by atoms with van der Waals surface area (Å²) in [5.41, 5.74) is 5.91. The van der Waals surface area contributed by atoms with Crippen molar-refractivity contribution >= 4 is 15.9 Å². The Bertz CT molecular complexity index is 1020. The smallest absolute Gasteiger partial charge is 0.267 e. The Balaban J connectivity index is 1.68. The molecule has 0 spiro atoms. The summed E-state index contributed by atoms with van der Waals surface area (Å²) in [5, 5.41) is 4.38. The average Bonchev–Trinajstić information content (AvgIpc) is 2.63. The lowest BCUT2D eigenvalue weighted by molar-refractivity contribution is 0.565. The minimum Gasteiger partial charge on any atom is -0.267 e. The van der Waals surface area contributed by atoms with Gasteiger partial charge >= 0.3 is 0 Å². The van der Waals surface area contributed by atoms with E-state index in [1.807, 2.05) is 12.3 Å². The van der Waals surface area contributed by atoms with E-state index < -0.39 is 0 Å². The number of fused-ring (bicyclic) bond motifs is 1. The van der Waals surface area contributed by atoms with Crippen molar-refractivity contribution in [1.29, 1.82) is 0 Å². The fraction of sp³-hybridized carbons (Fsp3) is 0.286. The Labute approximate surface area is 161 Å². The van der Waals surface area contributed by atoms with Crippen molar-refractivity contribution in [2.75, 3.05) is 0 Å². The molecule has 4 nitrogen and oxygen atoms in total. The van der Waals surface area contributed by atoms with Gasteiger partial charge in [0, 0.05) is 16.2 Å². The molecule has 2 heterocycles. The maximum atomic E-state index is 12.9. The quantitative estimate of drug-likeness (QED) is 0.634. The third kappa shape index (κ3) is 3.12. The van der Waals surface area contributed by atoms with Gasteiger partial charge in [-0.15, -0.1) is 0 Å². The lowest BCUT2D eigenvalue weighted by atomic mass is 9.79. The van der Waals surface area contributed by atoms with Gasteiger partial charge in [0.05, 0.1) is 6.20 Å². The van der Waals surface area contributed by atoms with Crippen LogP contribution in [0.25, 0.3) is 5.82 Å². The molecule has 4 rings (SSSR count). The third-order valence-corrected chi connectivity index (χ3v) is 5.64. The Morgan fingerprint density at radius 1 is 1.15 bits per heavy atom. The first-order valence-electron chi connectivity index (χ1n) is 8.82. The van der Waals surface area contributed by atoms with E-state index in [0.717, 1.165) is 34.9 Å². The van der Waals surface area contributed by atoms with Gasteiger partial charge in [-0.05, 0) is 83.8 Å². The van der Waals surface area contributed by atoms with Crippen LogP contribution in [0.4, 0.5) is 0 Å². The van der Waals surface area contributed by atoms with Crippen molar-refractivity contribution in [3.05, 3.63) is 85.4 Å². The third-order valence-electron chi connectivity index (χ3n) is 5.17. The summed E-state index contributed by atoms with van der Waals surface area (Å²) in [6.07, 6.45) is 6.17. The van der Waals surface area contributed by atoms with Crippen LogP contribution in [0.2, 0.25) is 0 Å². The lowest BCUT2D eigenvalue weighted by Gasteiger charge is -2.26. The summed E-state index contributed by atoms with van der Waals surface area (Å²) >= 11 is 3.37. The first-order chi connectivity index (χ1) is 12.5. The van der Waals surface area contributed by atoms with Crippen molar-refractivity contribution < 1.29 is 0 Å². The standard InChI is InChI=1S/C21H20BrN3O/c1-13-3-6-18(14(2)9-13)15-4-7-19-16(10-15)11-24-25(21(19)26)20-8-5-17(22)12-23-20/h3,5-6,8-9,11-12,15H,4,7,10H2,1-2H3. The summed E-state index contributed by atoms with van der Waals surface area (Å²) in [5.74, 6) is 1.00. The number of nitrogens with zero attached hydrogens (tertiary/aromatic N) is 3. The van der Waals surface area contributed by atoms with E-state index >= 15 is 0 Å². The first kappa shape index (κ1) is 17.2. The summed E-state index contributed by atoms with van der Waals surface area (Å²) < 4.78 is 2.28. The monoisotopic (exact) mass is 409 g/mol. The van der Waals surface area contributed by atoms with Gasteiger partial charge in [-0.25, -0.2) is 4.98 Å². The van der Waals surface area contributed by atoms with E-state index in [1.165, 1.54) is 21.4 Å². The highest BCUT2D eigenvalue weighted by atomic mass is 79.9. The maximum Gasteiger partial charge on any atom is 0.276 e. The Morgan fingerprint density at radius 3 is 2.73 bits per heavy atom. The zero-order valence-corrected chi connectivity index (χ0v) is 16.5. The van der Waals surface area contributed by atoms with Crippen molar-refractivity contribution in [2.45, 2.75) is 39.0 Å². The van der Waals surface area contributed by atoms with Crippen molar-refractivity contribution in [3.8, 4) is 5.82 Å². The van der Waals surface area contributed by atoms with Crippen LogP contribution in [0.1, 0.15) is 40.2 Å². The number of hydrogen-bond donors (Lipinski definition) is 0. The fourth-order valence-electron chi connectivity index (χ4n) is 3.86. The zero-order valence-electron chi connectivity index (χ0n) is 14.9. The molecule has 0 aliphatic heterocycles. The zero-order chi connectivity index (χ0) is 18.3. The van der Waals surface area contributed by atoms with Gasteiger partial charge in [0.15, 0.2) is 5.82 Å². The second-order valence-electron chi connectivity index (χ2n) is 7.00. The number of aromatic nitrogens is 3. The Hall–Kier alpha value is -2.27. The van der Waals surface area contributed by atoms with Gasteiger partial charge in [-0.2, -0.15) is 9.78 Å². The molecule has 0 bridgehead atoms.